The first kappa shape index (κ1) is 20.4. The molecule has 6 heteroatoms. The average Bonchev–Trinajstić information content (AvgIpc) is 3.00. The lowest BCUT2D eigenvalue weighted by Gasteiger charge is -2.28. The molecule has 27 heavy (non-hydrogen) atoms. The van der Waals surface area contributed by atoms with Crippen LogP contribution in [0.1, 0.15) is 44.9 Å². The van der Waals surface area contributed by atoms with Crippen molar-refractivity contribution in [2.45, 2.75) is 57.0 Å². The molecule has 0 saturated carbocycles. The van der Waals surface area contributed by atoms with Crippen molar-refractivity contribution in [3.05, 3.63) is 24.3 Å². The van der Waals surface area contributed by atoms with E-state index in [1.807, 2.05) is 24.3 Å². The van der Waals surface area contributed by atoms with Gasteiger partial charge < -0.3 is 20.1 Å². The van der Waals surface area contributed by atoms with E-state index in [1.54, 1.807) is 0 Å². The van der Waals surface area contributed by atoms with Gasteiger partial charge in [-0.05, 0) is 74.6 Å². The summed E-state index contributed by atoms with van der Waals surface area (Å²) in [4.78, 5) is 12.4. The van der Waals surface area contributed by atoms with Crippen LogP contribution >= 0.6 is 12.4 Å². The minimum absolute atomic E-state index is 0. The maximum atomic E-state index is 12.4. The van der Waals surface area contributed by atoms with Crippen LogP contribution < -0.4 is 15.4 Å². The van der Waals surface area contributed by atoms with Gasteiger partial charge in [-0.2, -0.15) is 0 Å². The average molecular weight is 395 g/mol. The fraction of sp³-hybridized carbons (Fsp3) is 0.667. The largest absolute Gasteiger partial charge is 0.493 e. The van der Waals surface area contributed by atoms with Gasteiger partial charge >= 0.3 is 0 Å². The van der Waals surface area contributed by atoms with Crippen LogP contribution in [0.4, 0.5) is 5.69 Å². The molecule has 0 aromatic heterocycles. The summed E-state index contributed by atoms with van der Waals surface area (Å²) in [7, 11) is 0. The van der Waals surface area contributed by atoms with Gasteiger partial charge in [0.05, 0.1) is 6.61 Å². The number of amides is 1. The zero-order chi connectivity index (χ0) is 17.8. The van der Waals surface area contributed by atoms with E-state index in [-0.39, 0.29) is 18.3 Å². The van der Waals surface area contributed by atoms with Crippen LogP contribution in [0.2, 0.25) is 0 Å². The highest BCUT2D eigenvalue weighted by molar-refractivity contribution is 5.90. The number of rotatable bonds is 6. The Morgan fingerprint density at radius 2 is 1.70 bits per heavy atom. The summed E-state index contributed by atoms with van der Waals surface area (Å²) >= 11 is 0. The predicted octanol–water partition coefficient (Wildman–Crippen LogP) is 3.77. The van der Waals surface area contributed by atoms with E-state index in [4.69, 9.17) is 9.47 Å². The first-order valence-corrected chi connectivity index (χ1v) is 10.1. The molecule has 1 aromatic rings. The summed E-state index contributed by atoms with van der Waals surface area (Å²) in [6, 6.07) is 9.03. The molecule has 2 unspecified atom stereocenters. The molecule has 150 valence electrons. The van der Waals surface area contributed by atoms with Crippen molar-refractivity contribution in [2.24, 2.45) is 11.8 Å². The summed E-state index contributed by atoms with van der Waals surface area (Å²) in [5.74, 6) is 2.11. The number of nitrogens with one attached hydrogen (secondary N) is 2. The van der Waals surface area contributed by atoms with Gasteiger partial charge in [0.1, 0.15) is 5.75 Å². The Labute approximate surface area is 168 Å². The SMILES string of the molecule is Cl.O=C(CC1CC2CCC(C1)N2)Nc1ccc(OCC2CCOCC2)cc1. The smallest absolute Gasteiger partial charge is 0.224 e. The first-order valence-electron chi connectivity index (χ1n) is 10.1. The lowest BCUT2D eigenvalue weighted by atomic mass is 9.89. The third-order valence-corrected chi connectivity index (χ3v) is 6.01. The van der Waals surface area contributed by atoms with Gasteiger partial charge in [0.2, 0.25) is 5.91 Å². The highest BCUT2D eigenvalue weighted by Gasteiger charge is 2.34. The maximum Gasteiger partial charge on any atom is 0.224 e. The number of anilines is 1. The molecule has 3 aliphatic rings. The molecule has 0 spiro atoms. The van der Waals surface area contributed by atoms with Crippen molar-refractivity contribution < 1.29 is 14.3 Å². The summed E-state index contributed by atoms with van der Waals surface area (Å²) in [5.41, 5.74) is 0.852. The van der Waals surface area contributed by atoms with E-state index in [2.05, 4.69) is 10.6 Å². The quantitative estimate of drug-likeness (QED) is 0.771. The number of halogens is 1. The standard InChI is InChI=1S/C21H30N2O3.ClH/c24-21(13-16-11-18-1-2-19(12-16)22-18)23-17-3-5-20(6-4-17)26-14-15-7-9-25-10-8-15;/h3-6,15-16,18-19,22H,1-2,7-14H2,(H,23,24);1H. The monoisotopic (exact) mass is 394 g/mol. The Hall–Kier alpha value is -1.30. The number of hydrogen-bond acceptors (Lipinski definition) is 4. The molecular formula is C21H31ClN2O3. The van der Waals surface area contributed by atoms with Gasteiger partial charge in [-0.1, -0.05) is 0 Å². The molecule has 3 saturated heterocycles. The topological polar surface area (TPSA) is 59.6 Å². The molecular weight excluding hydrogens is 364 g/mol. The van der Waals surface area contributed by atoms with Crippen LogP contribution in [0.3, 0.4) is 0 Å². The van der Waals surface area contributed by atoms with Gasteiger partial charge in [0.15, 0.2) is 0 Å². The Morgan fingerprint density at radius 1 is 1.04 bits per heavy atom. The second-order valence-electron chi connectivity index (χ2n) is 8.12. The van der Waals surface area contributed by atoms with Crippen LogP contribution in [-0.2, 0) is 9.53 Å². The molecule has 3 heterocycles. The number of carbonyl (C=O) groups excluding carboxylic acids is 1. The van der Waals surface area contributed by atoms with Crippen molar-refractivity contribution in [2.75, 3.05) is 25.1 Å². The molecule has 2 atom stereocenters. The van der Waals surface area contributed by atoms with Gasteiger partial charge in [0, 0.05) is 37.4 Å². The van der Waals surface area contributed by atoms with E-state index >= 15 is 0 Å². The van der Waals surface area contributed by atoms with E-state index in [9.17, 15) is 4.79 Å². The Balaban J connectivity index is 0.00000210. The molecule has 3 fully saturated rings. The Bertz CT molecular complexity index is 592. The van der Waals surface area contributed by atoms with Gasteiger partial charge in [-0.15, -0.1) is 12.4 Å². The van der Waals surface area contributed by atoms with E-state index in [0.717, 1.165) is 56.9 Å². The summed E-state index contributed by atoms with van der Waals surface area (Å²) in [6.07, 6.45) is 7.62. The number of fused-ring (bicyclic) bond motifs is 2. The maximum absolute atomic E-state index is 12.4. The van der Waals surface area contributed by atoms with Crippen LogP contribution in [0.25, 0.3) is 0 Å². The lowest BCUT2D eigenvalue weighted by Crippen LogP contribution is -2.39. The summed E-state index contributed by atoms with van der Waals surface area (Å²) in [5, 5.41) is 6.67. The summed E-state index contributed by atoms with van der Waals surface area (Å²) in [6.45, 7) is 2.43. The zero-order valence-electron chi connectivity index (χ0n) is 15.8. The van der Waals surface area contributed by atoms with E-state index in [1.165, 1.54) is 12.8 Å². The van der Waals surface area contributed by atoms with Crippen molar-refractivity contribution in [3.8, 4) is 5.75 Å². The Morgan fingerprint density at radius 3 is 2.37 bits per heavy atom. The number of carbonyl (C=O) groups is 1. The zero-order valence-corrected chi connectivity index (χ0v) is 16.6. The van der Waals surface area contributed by atoms with Crippen LogP contribution in [0.5, 0.6) is 5.75 Å². The second kappa shape index (κ2) is 9.76. The predicted molar refractivity (Wildman–Crippen MR) is 109 cm³/mol. The molecule has 2 N–H and O–H groups in total. The molecule has 1 aromatic carbocycles. The number of piperidine rings is 1. The van der Waals surface area contributed by atoms with Crippen molar-refractivity contribution >= 4 is 24.0 Å². The minimum Gasteiger partial charge on any atom is -0.493 e. The fourth-order valence-electron chi connectivity index (χ4n) is 4.58. The van der Waals surface area contributed by atoms with Crippen LogP contribution in [0, 0.1) is 11.8 Å². The van der Waals surface area contributed by atoms with E-state index in [0.29, 0.717) is 30.3 Å². The molecule has 0 aliphatic carbocycles. The van der Waals surface area contributed by atoms with Gasteiger partial charge in [0.25, 0.3) is 0 Å². The van der Waals surface area contributed by atoms with Gasteiger partial charge in [-0.3, -0.25) is 4.79 Å². The third kappa shape index (κ3) is 5.84. The summed E-state index contributed by atoms with van der Waals surface area (Å²) < 4.78 is 11.3. The number of ether oxygens (including phenoxy) is 2. The molecule has 1 amide bonds. The normalized spacial score (nSPS) is 27.6. The molecule has 2 bridgehead atoms. The van der Waals surface area contributed by atoms with Crippen LogP contribution in [-0.4, -0.2) is 37.8 Å². The number of hydrogen-bond donors (Lipinski definition) is 2. The molecule has 3 aliphatic heterocycles. The van der Waals surface area contributed by atoms with Crippen molar-refractivity contribution in [3.63, 3.8) is 0 Å². The van der Waals surface area contributed by atoms with Gasteiger partial charge in [-0.25, -0.2) is 0 Å². The third-order valence-electron chi connectivity index (χ3n) is 6.01. The number of benzene rings is 1. The fourth-order valence-corrected chi connectivity index (χ4v) is 4.58. The lowest BCUT2D eigenvalue weighted by molar-refractivity contribution is -0.117. The highest BCUT2D eigenvalue weighted by atomic mass is 35.5. The van der Waals surface area contributed by atoms with E-state index < -0.39 is 0 Å². The molecule has 4 rings (SSSR count). The molecule has 5 nitrogen and oxygen atoms in total. The second-order valence-corrected chi connectivity index (χ2v) is 8.12. The van der Waals surface area contributed by atoms with Crippen molar-refractivity contribution in [1.82, 2.24) is 5.32 Å². The highest BCUT2D eigenvalue weighted by Crippen LogP contribution is 2.32. The molecule has 0 radical (unpaired) electrons. The first-order chi connectivity index (χ1) is 12.7. The van der Waals surface area contributed by atoms with Crippen LogP contribution in [0.15, 0.2) is 24.3 Å². The minimum atomic E-state index is 0. The van der Waals surface area contributed by atoms with Crippen molar-refractivity contribution in [1.29, 1.82) is 0 Å². The Kier molecular flexibility index (Phi) is 7.39.